The number of non-ortho nitro benzene ring substituents is 1. The van der Waals surface area contributed by atoms with Crippen molar-refractivity contribution in [3.63, 3.8) is 0 Å². The van der Waals surface area contributed by atoms with Crippen molar-refractivity contribution in [2.45, 2.75) is 6.42 Å². The second kappa shape index (κ2) is 6.76. The average molecular weight is 340 g/mol. The summed E-state index contributed by atoms with van der Waals surface area (Å²) < 4.78 is 0. The van der Waals surface area contributed by atoms with Crippen LogP contribution in [-0.4, -0.2) is 11.1 Å². The summed E-state index contributed by atoms with van der Waals surface area (Å²) in [6, 6.07) is 21.2. The highest BCUT2D eigenvalue weighted by molar-refractivity contribution is 5.82. The lowest BCUT2D eigenvalue weighted by atomic mass is 10.1. The minimum atomic E-state index is -0.402. The molecule has 0 saturated heterocycles. The van der Waals surface area contributed by atoms with Crippen LogP contribution in [-0.2, 0) is 6.42 Å². The molecule has 4 nitrogen and oxygen atoms in total. The minimum Gasteiger partial charge on any atom is -0.258 e. The number of fused-ring (bicyclic) bond motifs is 3. The van der Waals surface area contributed by atoms with Gasteiger partial charge in [0, 0.05) is 18.3 Å². The molecule has 0 fully saturated rings. The number of nitro groups is 1. The first-order valence-electron chi connectivity index (χ1n) is 8.37. The number of aliphatic imine (C=N–C) groups is 1. The lowest BCUT2D eigenvalue weighted by Crippen LogP contribution is -1.86. The predicted molar refractivity (Wildman–Crippen MR) is 105 cm³/mol. The SMILES string of the molecule is O=[N+]([O-])c1ccc(/C=C/C=Nc2ccc3c(c2)Cc2ccccc2-3)cc1. The van der Waals surface area contributed by atoms with Crippen LogP contribution in [0.15, 0.2) is 77.8 Å². The molecule has 0 spiro atoms. The van der Waals surface area contributed by atoms with Gasteiger partial charge in [-0.25, -0.2) is 0 Å². The van der Waals surface area contributed by atoms with Crippen LogP contribution in [0.2, 0.25) is 0 Å². The summed E-state index contributed by atoms with van der Waals surface area (Å²) in [5, 5.41) is 10.6. The normalized spacial score (nSPS) is 12.5. The standard InChI is InChI=1S/C22H16N2O2/c25-24(26)20-10-7-16(8-11-20)4-3-13-23-19-9-12-22-18(15-19)14-17-5-1-2-6-21(17)22/h1-13,15H,14H2/b4-3+,23-13?. The second-order valence-electron chi connectivity index (χ2n) is 6.16. The molecule has 4 heteroatoms. The third-order valence-corrected chi connectivity index (χ3v) is 4.48. The Bertz CT molecular complexity index is 1030. The van der Waals surface area contributed by atoms with Crippen molar-refractivity contribution >= 4 is 23.7 Å². The van der Waals surface area contributed by atoms with E-state index in [1.165, 1.54) is 34.4 Å². The topological polar surface area (TPSA) is 55.5 Å². The number of hydrogen-bond donors (Lipinski definition) is 0. The maximum Gasteiger partial charge on any atom is 0.269 e. The summed E-state index contributed by atoms with van der Waals surface area (Å²) in [5.41, 5.74) is 7.19. The number of allylic oxidation sites excluding steroid dienone is 1. The van der Waals surface area contributed by atoms with E-state index in [-0.39, 0.29) is 5.69 Å². The first-order chi connectivity index (χ1) is 12.7. The highest BCUT2D eigenvalue weighted by atomic mass is 16.6. The maximum absolute atomic E-state index is 10.6. The fourth-order valence-corrected chi connectivity index (χ4v) is 3.20. The Morgan fingerprint density at radius 2 is 1.69 bits per heavy atom. The van der Waals surface area contributed by atoms with Crippen molar-refractivity contribution in [1.29, 1.82) is 0 Å². The first kappa shape index (κ1) is 16.0. The fourth-order valence-electron chi connectivity index (χ4n) is 3.20. The summed E-state index contributed by atoms with van der Waals surface area (Å²) in [7, 11) is 0. The van der Waals surface area contributed by atoms with Crippen molar-refractivity contribution in [1.82, 2.24) is 0 Å². The number of rotatable bonds is 4. The molecule has 0 aromatic heterocycles. The summed E-state index contributed by atoms with van der Waals surface area (Å²) in [4.78, 5) is 14.7. The van der Waals surface area contributed by atoms with Crippen LogP contribution in [0.1, 0.15) is 16.7 Å². The molecule has 26 heavy (non-hydrogen) atoms. The first-order valence-corrected chi connectivity index (χ1v) is 8.37. The van der Waals surface area contributed by atoms with Crippen LogP contribution < -0.4 is 0 Å². The van der Waals surface area contributed by atoms with Gasteiger partial charge < -0.3 is 0 Å². The number of nitrogens with zero attached hydrogens (tertiary/aromatic N) is 2. The second-order valence-corrected chi connectivity index (χ2v) is 6.16. The zero-order chi connectivity index (χ0) is 17.9. The van der Waals surface area contributed by atoms with E-state index in [1.54, 1.807) is 18.3 Å². The molecule has 0 N–H and O–H groups in total. The van der Waals surface area contributed by atoms with E-state index in [1.807, 2.05) is 18.2 Å². The van der Waals surface area contributed by atoms with Crippen molar-refractivity contribution in [3.8, 4) is 11.1 Å². The van der Waals surface area contributed by atoms with Gasteiger partial charge in [-0.1, -0.05) is 36.4 Å². The van der Waals surface area contributed by atoms with Gasteiger partial charge in [0.15, 0.2) is 0 Å². The number of nitro benzene ring substituents is 1. The van der Waals surface area contributed by atoms with Crippen LogP contribution in [0.4, 0.5) is 11.4 Å². The summed E-state index contributed by atoms with van der Waals surface area (Å²) in [5.74, 6) is 0. The van der Waals surface area contributed by atoms with Crippen molar-refractivity contribution in [2.24, 2.45) is 4.99 Å². The monoisotopic (exact) mass is 340 g/mol. The number of benzene rings is 3. The van der Waals surface area contributed by atoms with E-state index in [2.05, 4.69) is 41.4 Å². The molecular formula is C22H16N2O2. The molecule has 4 rings (SSSR count). The molecule has 0 bridgehead atoms. The van der Waals surface area contributed by atoms with Gasteiger partial charge in [-0.05, 0) is 64.6 Å². The maximum atomic E-state index is 10.6. The molecule has 126 valence electrons. The van der Waals surface area contributed by atoms with Gasteiger partial charge in [-0.2, -0.15) is 0 Å². The van der Waals surface area contributed by atoms with E-state index in [9.17, 15) is 10.1 Å². The van der Waals surface area contributed by atoms with Gasteiger partial charge in [0.1, 0.15) is 0 Å². The van der Waals surface area contributed by atoms with Crippen LogP contribution in [0, 0.1) is 10.1 Å². The van der Waals surface area contributed by atoms with Crippen LogP contribution in [0.5, 0.6) is 0 Å². The van der Waals surface area contributed by atoms with Gasteiger partial charge >= 0.3 is 0 Å². The zero-order valence-electron chi connectivity index (χ0n) is 14.0. The van der Waals surface area contributed by atoms with Gasteiger partial charge in [-0.15, -0.1) is 0 Å². The molecule has 0 amide bonds. The molecule has 0 heterocycles. The zero-order valence-corrected chi connectivity index (χ0v) is 14.0. The van der Waals surface area contributed by atoms with Crippen LogP contribution >= 0.6 is 0 Å². The van der Waals surface area contributed by atoms with E-state index in [0.29, 0.717) is 0 Å². The Hall–Kier alpha value is -3.53. The van der Waals surface area contributed by atoms with Gasteiger partial charge in [0.2, 0.25) is 0 Å². The molecule has 1 aliphatic carbocycles. The average Bonchev–Trinajstić information content (AvgIpc) is 3.03. The highest BCUT2D eigenvalue weighted by Crippen LogP contribution is 2.37. The molecule has 3 aromatic rings. The smallest absolute Gasteiger partial charge is 0.258 e. The van der Waals surface area contributed by atoms with E-state index in [0.717, 1.165) is 17.7 Å². The molecule has 1 aliphatic rings. The van der Waals surface area contributed by atoms with Crippen LogP contribution in [0.3, 0.4) is 0 Å². The highest BCUT2D eigenvalue weighted by Gasteiger charge is 2.17. The molecule has 0 unspecified atom stereocenters. The molecule has 0 saturated carbocycles. The van der Waals surface area contributed by atoms with E-state index in [4.69, 9.17) is 0 Å². The molecule has 0 radical (unpaired) electrons. The lowest BCUT2D eigenvalue weighted by Gasteiger charge is -2.01. The van der Waals surface area contributed by atoms with Crippen LogP contribution in [0.25, 0.3) is 17.2 Å². The van der Waals surface area contributed by atoms with E-state index >= 15 is 0 Å². The van der Waals surface area contributed by atoms with Crippen molar-refractivity contribution in [3.05, 3.63) is 99.6 Å². The summed E-state index contributed by atoms with van der Waals surface area (Å²) in [6.45, 7) is 0. The van der Waals surface area contributed by atoms with Crippen molar-refractivity contribution < 1.29 is 4.92 Å². The Kier molecular flexibility index (Phi) is 4.15. The third-order valence-electron chi connectivity index (χ3n) is 4.48. The summed E-state index contributed by atoms with van der Waals surface area (Å²) >= 11 is 0. The largest absolute Gasteiger partial charge is 0.269 e. The Morgan fingerprint density at radius 3 is 2.50 bits per heavy atom. The molecule has 0 atom stereocenters. The van der Waals surface area contributed by atoms with Gasteiger partial charge in [0.25, 0.3) is 5.69 Å². The predicted octanol–water partition coefficient (Wildman–Crippen LogP) is 5.58. The molecule has 0 aliphatic heterocycles. The number of hydrogen-bond acceptors (Lipinski definition) is 3. The lowest BCUT2D eigenvalue weighted by molar-refractivity contribution is -0.384. The summed E-state index contributed by atoms with van der Waals surface area (Å²) in [6.07, 6.45) is 6.40. The van der Waals surface area contributed by atoms with E-state index < -0.39 is 4.92 Å². The fraction of sp³-hybridized carbons (Fsp3) is 0.0455. The Labute approximate surface area is 151 Å². The Morgan fingerprint density at radius 1 is 0.923 bits per heavy atom. The van der Waals surface area contributed by atoms with Crippen molar-refractivity contribution in [2.75, 3.05) is 0 Å². The molecule has 3 aromatic carbocycles. The Balaban J connectivity index is 1.46. The molecular weight excluding hydrogens is 324 g/mol. The van der Waals surface area contributed by atoms with Gasteiger partial charge in [-0.3, -0.25) is 15.1 Å². The van der Waals surface area contributed by atoms with Gasteiger partial charge in [0.05, 0.1) is 10.6 Å². The minimum absolute atomic E-state index is 0.0926. The third kappa shape index (κ3) is 3.17. The quantitative estimate of drug-likeness (QED) is 0.276.